The van der Waals surface area contributed by atoms with Gasteiger partial charge in [0.25, 0.3) is 0 Å². The van der Waals surface area contributed by atoms with Gasteiger partial charge in [0, 0.05) is 11.8 Å². The summed E-state index contributed by atoms with van der Waals surface area (Å²) in [5, 5.41) is 0. The predicted molar refractivity (Wildman–Crippen MR) is 83.7 cm³/mol. The third kappa shape index (κ3) is 1.23. The SMILES string of the molecule is CC1(C)C(=O)CC[C@]2(C)C1CC[C@@]13CC4[C@@H](CC12)[C@@]4(C)C3. The Kier molecular flexibility index (Phi) is 2.06. The van der Waals surface area contributed by atoms with E-state index >= 15 is 0 Å². The van der Waals surface area contributed by atoms with E-state index in [0.29, 0.717) is 22.5 Å². The molecule has 7 atom stereocenters. The van der Waals surface area contributed by atoms with Crippen molar-refractivity contribution in [1.82, 2.24) is 0 Å². The van der Waals surface area contributed by atoms with Crippen LogP contribution < -0.4 is 0 Å². The second-order valence-corrected chi connectivity index (χ2v) is 10.5. The number of ketones is 1. The van der Waals surface area contributed by atoms with Crippen LogP contribution in [-0.2, 0) is 4.79 Å². The van der Waals surface area contributed by atoms with Crippen LogP contribution in [0.25, 0.3) is 0 Å². The van der Waals surface area contributed by atoms with Gasteiger partial charge in [0.2, 0.25) is 0 Å². The third-order valence-corrected chi connectivity index (χ3v) is 9.66. The van der Waals surface area contributed by atoms with Gasteiger partial charge in [0.15, 0.2) is 0 Å². The molecule has 0 amide bonds. The molecule has 6 saturated carbocycles. The first-order chi connectivity index (χ1) is 9.74. The standard InChI is InChI=1S/C20H30O/c1-17(2)14-5-8-20-10-13-12(19(13,4)11-20)9-15(20)18(14,3)7-6-16(17)21/h12-15H,5-11H2,1-4H3/t12-,13?,14?,15?,18-,19-,20+/m1/s1. The van der Waals surface area contributed by atoms with E-state index in [9.17, 15) is 4.79 Å². The highest BCUT2D eigenvalue weighted by molar-refractivity contribution is 5.85. The van der Waals surface area contributed by atoms with E-state index in [-0.39, 0.29) is 5.41 Å². The van der Waals surface area contributed by atoms with Crippen LogP contribution in [-0.4, -0.2) is 5.78 Å². The highest BCUT2D eigenvalue weighted by atomic mass is 16.1. The Balaban J connectivity index is 1.57. The van der Waals surface area contributed by atoms with Crippen molar-refractivity contribution in [2.45, 2.75) is 72.6 Å². The summed E-state index contributed by atoms with van der Waals surface area (Å²) in [5.74, 6) is 4.23. The molecule has 0 aliphatic heterocycles. The van der Waals surface area contributed by atoms with Crippen molar-refractivity contribution >= 4 is 5.78 Å². The monoisotopic (exact) mass is 286 g/mol. The largest absolute Gasteiger partial charge is 0.299 e. The van der Waals surface area contributed by atoms with E-state index in [4.69, 9.17) is 0 Å². The molecular weight excluding hydrogens is 256 g/mol. The minimum atomic E-state index is -0.0674. The van der Waals surface area contributed by atoms with Crippen molar-refractivity contribution in [3.63, 3.8) is 0 Å². The molecule has 3 unspecified atom stereocenters. The molecule has 0 heterocycles. The van der Waals surface area contributed by atoms with Crippen molar-refractivity contribution in [3.05, 3.63) is 0 Å². The summed E-state index contributed by atoms with van der Waals surface area (Å²) in [6, 6.07) is 0. The minimum Gasteiger partial charge on any atom is -0.299 e. The van der Waals surface area contributed by atoms with Crippen LogP contribution in [0.15, 0.2) is 0 Å². The Hall–Kier alpha value is -0.330. The molecule has 1 nitrogen and oxygen atoms in total. The van der Waals surface area contributed by atoms with Gasteiger partial charge in [-0.05, 0) is 78.4 Å². The van der Waals surface area contributed by atoms with E-state index in [0.717, 1.165) is 29.6 Å². The Morgan fingerprint density at radius 1 is 0.952 bits per heavy atom. The minimum absolute atomic E-state index is 0.0674. The molecule has 0 radical (unpaired) electrons. The molecular formula is C20H30O. The van der Waals surface area contributed by atoms with Gasteiger partial charge in [-0.2, -0.15) is 0 Å². The molecule has 0 N–H and O–H groups in total. The smallest absolute Gasteiger partial charge is 0.138 e. The Morgan fingerprint density at radius 3 is 2.38 bits per heavy atom. The maximum atomic E-state index is 12.5. The van der Waals surface area contributed by atoms with Crippen molar-refractivity contribution in [3.8, 4) is 0 Å². The van der Waals surface area contributed by atoms with Crippen LogP contribution in [0, 0.1) is 45.3 Å². The van der Waals surface area contributed by atoms with Gasteiger partial charge in [-0.1, -0.05) is 27.7 Å². The molecule has 0 aromatic rings. The van der Waals surface area contributed by atoms with Crippen molar-refractivity contribution in [2.75, 3.05) is 0 Å². The Labute approximate surface area is 129 Å². The van der Waals surface area contributed by atoms with Gasteiger partial charge in [-0.3, -0.25) is 4.79 Å². The fraction of sp³-hybridized carbons (Fsp3) is 0.950. The lowest BCUT2D eigenvalue weighted by molar-refractivity contribution is -0.172. The summed E-state index contributed by atoms with van der Waals surface area (Å²) in [4.78, 5) is 12.5. The van der Waals surface area contributed by atoms with E-state index in [2.05, 4.69) is 27.7 Å². The van der Waals surface area contributed by atoms with E-state index in [1.807, 2.05) is 0 Å². The van der Waals surface area contributed by atoms with Gasteiger partial charge in [-0.25, -0.2) is 0 Å². The summed E-state index contributed by atoms with van der Waals surface area (Å²) in [7, 11) is 0. The summed E-state index contributed by atoms with van der Waals surface area (Å²) in [6.07, 6.45) is 9.33. The molecule has 0 aromatic carbocycles. The van der Waals surface area contributed by atoms with Crippen LogP contribution in [0.1, 0.15) is 72.6 Å². The van der Waals surface area contributed by atoms with Crippen LogP contribution in [0.5, 0.6) is 0 Å². The fourth-order valence-corrected chi connectivity index (χ4v) is 8.64. The lowest BCUT2D eigenvalue weighted by Crippen LogP contribution is -2.59. The zero-order valence-corrected chi connectivity index (χ0v) is 14.2. The number of carbonyl (C=O) groups is 1. The van der Waals surface area contributed by atoms with Crippen molar-refractivity contribution in [2.24, 2.45) is 45.3 Å². The van der Waals surface area contributed by atoms with Crippen LogP contribution in [0.2, 0.25) is 0 Å². The second-order valence-electron chi connectivity index (χ2n) is 10.5. The molecule has 21 heavy (non-hydrogen) atoms. The van der Waals surface area contributed by atoms with Gasteiger partial charge >= 0.3 is 0 Å². The lowest BCUT2D eigenvalue weighted by Gasteiger charge is -2.64. The molecule has 6 aliphatic rings. The third-order valence-electron chi connectivity index (χ3n) is 9.66. The van der Waals surface area contributed by atoms with Gasteiger partial charge < -0.3 is 0 Å². The number of rotatable bonds is 0. The molecule has 1 spiro atoms. The average Bonchev–Trinajstić information content (AvgIpc) is 2.86. The Bertz CT molecular complexity index is 548. The van der Waals surface area contributed by atoms with Crippen molar-refractivity contribution < 1.29 is 4.79 Å². The first-order valence-electron chi connectivity index (χ1n) is 9.27. The Morgan fingerprint density at radius 2 is 1.71 bits per heavy atom. The quantitative estimate of drug-likeness (QED) is 0.622. The molecule has 0 aromatic heterocycles. The number of carbonyl (C=O) groups excluding carboxylic acids is 1. The molecule has 4 bridgehead atoms. The topological polar surface area (TPSA) is 17.1 Å². The second kappa shape index (κ2) is 3.29. The van der Waals surface area contributed by atoms with Crippen LogP contribution in [0.4, 0.5) is 0 Å². The molecule has 116 valence electrons. The summed E-state index contributed by atoms with van der Waals surface area (Å²) >= 11 is 0. The first kappa shape index (κ1) is 13.1. The van der Waals surface area contributed by atoms with Crippen LogP contribution >= 0.6 is 0 Å². The van der Waals surface area contributed by atoms with Crippen LogP contribution in [0.3, 0.4) is 0 Å². The maximum absolute atomic E-state index is 12.5. The highest BCUT2D eigenvalue weighted by Gasteiger charge is 2.78. The first-order valence-corrected chi connectivity index (χ1v) is 9.27. The van der Waals surface area contributed by atoms with Gasteiger partial charge in [-0.15, -0.1) is 0 Å². The van der Waals surface area contributed by atoms with Gasteiger partial charge in [0.05, 0.1) is 0 Å². The fourth-order valence-electron chi connectivity index (χ4n) is 8.64. The van der Waals surface area contributed by atoms with E-state index in [1.165, 1.54) is 38.5 Å². The zero-order valence-electron chi connectivity index (χ0n) is 14.2. The summed E-state index contributed by atoms with van der Waals surface area (Å²) < 4.78 is 0. The molecule has 6 fully saturated rings. The number of hydrogen-bond acceptors (Lipinski definition) is 1. The van der Waals surface area contributed by atoms with E-state index in [1.54, 1.807) is 0 Å². The van der Waals surface area contributed by atoms with E-state index < -0.39 is 0 Å². The predicted octanol–water partition coefficient (Wildman–Crippen LogP) is 4.84. The summed E-state index contributed by atoms with van der Waals surface area (Å²) in [6.45, 7) is 9.66. The number of hydrogen-bond donors (Lipinski definition) is 0. The number of fused-ring (bicyclic) bond motifs is 1. The molecule has 6 aliphatic carbocycles. The normalized spacial score (nSPS) is 63.0. The zero-order chi connectivity index (χ0) is 14.8. The lowest BCUT2D eigenvalue weighted by atomic mass is 9.39. The van der Waals surface area contributed by atoms with Gasteiger partial charge in [0.1, 0.15) is 5.78 Å². The van der Waals surface area contributed by atoms with Crippen molar-refractivity contribution in [1.29, 1.82) is 0 Å². The molecule has 1 heteroatoms. The molecule has 6 rings (SSSR count). The highest BCUT2D eigenvalue weighted by Crippen LogP contribution is 2.85. The molecule has 0 saturated heterocycles. The maximum Gasteiger partial charge on any atom is 0.138 e. The summed E-state index contributed by atoms with van der Waals surface area (Å²) in [5.41, 5.74) is 1.79. The number of Topliss-reactive ketones (excluding diaryl/α,β-unsaturated/α-hetero) is 1. The average molecular weight is 286 g/mol.